The number of aryl methyl sites for hydroxylation is 1. The molecule has 0 saturated heterocycles. The maximum Gasteiger partial charge on any atom is 0.258 e. The SMILES string of the molecule is CCN(CC(=O)Nc1ccc2c(c1)OCCO2)C(=O)c1c(C)nn(Cc2ccccc2Cl)c1C. The third-order valence-corrected chi connectivity index (χ3v) is 6.07. The average Bonchev–Trinajstić information content (AvgIpc) is 3.11. The highest BCUT2D eigenvalue weighted by atomic mass is 35.5. The van der Waals surface area contributed by atoms with Gasteiger partial charge in [-0.1, -0.05) is 29.8 Å². The summed E-state index contributed by atoms with van der Waals surface area (Å²) in [6.07, 6.45) is 0. The standard InChI is InChI=1S/C25H27ClN4O4/c1-4-29(15-23(31)27-19-9-10-21-22(13-19)34-12-11-33-21)25(32)24-16(2)28-30(17(24)3)14-18-7-5-6-8-20(18)26/h5-10,13H,4,11-12,14-15H2,1-3H3,(H,27,31). The van der Waals surface area contributed by atoms with Crippen molar-refractivity contribution in [2.24, 2.45) is 0 Å². The van der Waals surface area contributed by atoms with Crippen LogP contribution in [0.25, 0.3) is 0 Å². The first-order chi connectivity index (χ1) is 16.4. The molecule has 0 unspecified atom stereocenters. The van der Waals surface area contributed by atoms with Crippen LogP contribution in [-0.4, -0.2) is 52.8 Å². The van der Waals surface area contributed by atoms with Crippen molar-refractivity contribution in [3.8, 4) is 11.5 Å². The molecule has 3 aromatic rings. The number of ether oxygens (including phenoxy) is 2. The van der Waals surface area contributed by atoms with Crippen LogP contribution in [-0.2, 0) is 11.3 Å². The number of fused-ring (bicyclic) bond motifs is 1. The third kappa shape index (κ3) is 5.02. The summed E-state index contributed by atoms with van der Waals surface area (Å²) in [5.41, 5.74) is 3.34. The fraction of sp³-hybridized carbons (Fsp3) is 0.320. The van der Waals surface area contributed by atoms with Gasteiger partial charge in [-0.25, -0.2) is 0 Å². The second kappa shape index (κ2) is 10.2. The van der Waals surface area contributed by atoms with E-state index in [1.807, 2.05) is 38.1 Å². The number of aromatic nitrogens is 2. The number of nitrogens with one attached hydrogen (secondary N) is 1. The molecule has 9 heteroatoms. The van der Waals surface area contributed by atoms with Gasteiger partial charge in [-0.15, -0.1) is 0 Å². The molecule has 1 aromatic heterocycles. The molecule has 2 amide bonds. The van der Waals surface area contributed by atoms with E-state index in [-0.39, 0.29) is 18.4 Å². The normalized spacial score (nSPS) is 12.4. The highest BCUT2D eigenvalue weighted by Gasteiger charge is 2.25. The first-order valence-electron chi connectivity index (χ1n) is 11.1. The minimum atomic E-state index is -0.300. The van der Waals surface area contributed by atoms with Crippen LogP contribution in [0.1, 0.15) is 34.2 Å². The highest BCUT2D eigenvalue weighted by Crippen LogP contribution is 2.32. The number of rotatable bonds is 7. The zero-order chi connectivity index (χ0) is 24.2. The Kier molecular flexibility index (Phi) is 7.07. The van der Waals surface area contributed by atoms with E-state index < -0.39 is 0 Å². The van der Waals surface area contributed by atoms with Gasteiger partial charge in [-0.3, -0.25) is 14.3 Å². The van der Waals surface area contributed by atoms with E-state index in [2.05, 4.69) is 10.4 Å². The van der Waals surface area contributed by atoms with Crippen LogP contribution < -0.4 is 14.8 Å². The lowest BCUT2D eigenvalue weighted by Crippen LogP contribution is -2.38. The topological polar surface area (TPSA) is 85.7 Å². The second-order valence-electron chi connectivity index (χ2n) is 8.02. The van der Waals surface area contributed by atoms with Crippen LogP contribution in [0.3, 0.4) is 0 Å². The molecular weight excluding hydrogens is 456 g/mol. The number of halogens is 1. The number of carbonyl (C=O) groups is 2. The van der Waals surface area contributed by atoms with Gasteiger partial charge in [0.05, 0.1) is 17.8 Å². The van der Waals surface area contributed by atoms with Crippen molar-refractivity contribution < 1.29 is 19.1 Å². The van der Waals surface area contributed by atoms with Crippen LogP contribution in [0.4, 0.5) is 5.69 Å². The number of benzene rings is 2. The Morgan fingerprint density at radius 3 is 2.59 bits per heavy atom. The number of likely N-dealkylation sites (N-methyl/N-ethyl adjacent to an activating group) is 1. The predicted molar refractivity (Wildman–Crippen MR) is 130 cm³/mol. The molecular formula is C25H27ClN4O4. The van der Waals surface area contributed by atoms with Crippen LogP contribution in [0, 0.1) is 13.8 Å². The van der Waals surface area contributed by atoms with Crippen molar-refractivity contribution in [3.63, 3.8) is 0 Å². The largest absolute Gasteiger partial charge is 0.486 e. The Hall–Kier alpha value is -3.52. The van der Waals surface area contributed by atoms with Crippen molar-refractivity contribution in [2.75, 3.05) is 31.6 Å². The monoisotopic (exact) mass is 482 g/mol. The number of carbonyl (C=O) groups excluding carboxylic acids is 2. The summed E-state index contributed by atoms with van der Waals surface area (Å²) in [7, 11) is 0. The average molecular weight is 483 g/mol. The van der Waals surface area contributed by atoms with Gasteiger partial charge in [0.15, 0.2) is 11.5 Å². The Balaban J connectivity index is 1.46. The molecule has 0 aliphatic carbocycles. The molecule has 1 N–H and O–H groups in total. The predicted octanol–water partition coefficient (Wildman–Crippen LogP) is 4.07. The molecule has 1 aliphatic rings. The number of hydrogen-bond acceptors (Lipinski definition) is 5. The first kappa shape index (κ1) is 23.6. The fourth-order valence-corrected chi connectivity index (χ4v) is 4.12. The lowest BCUT2D eigenvalue weighted by molar-refractivity contribution is -0.116. The molecule has 0 radical (unpaired) electrons. The van der Waals surface area contributed by atoms with Gasteiger partial charge in [0, 0.05) is 29.0 Å². The lowest BCUT2D eigenvalue weighted by atomic mass is 10.1. The van der Waals surface area contributed by atoms with E-state index in [1.165, 1.54) is 4.90 Å². The Morgan fingerprint density at radius 2 is 1.85 bits per heavy atom. The Morgan fingerprint density at radius 1 is 1.12 bits per heavy atom. The summed E-state index contributed by atoms with van der Waals surface area (Å²) in [5.74, 6) is 0.699. The van der Waals surface area contributed by atoms with E-state index in [0.717, 1.165) is 11.3 Å². The summed E-state index contributed by atoms with van der Waals surface area (Å²) < 4.78 is 12.8. The van der Waals surface area contributed by atoms with E-state index in [0.29, 0.717) is 59.8 Å². The number of nitrogens with zero attached hydrogens (tertiary/aromatic N) is 3. The zero-order valence-corrected chi connectivity index (χ0v) is 20.2. The van der Waals surface area contributed by atoms with Gasteiger partial charge in [-0.2, -0.15) is 5.10 Å². The maximum absolute atomic E-state index is 13.4. The summed E-state index contributed by atoms with van der Waals surface area (Å²) >= 11 is 6.30. The van der Waals surface area contributed by atoms with Crippen LogP contribution in [0.5, 0.6) is 11.5 Å². The Bertz CT molecular complexity index is 1220. The number of amides is 2. The zero-order valence-electron chi connectivity index (χ0n) is 19.4. The second-order valence-corrected chi connectivity index (χ2v) is 8.43. The molecule has 1 aliphatic heterocycles. The van der Waals surface area contributed by atoms with Crippen molar-refractivity contribution in [1.29, 1.82) is 0 Å². The van der Waals surface area contributed by atoms with E-state index in [1.54, 1.807) is 29.8 Å². The molecule has 0 bridgehead atoms. The molecule has 0 fully saturated rings. The van der Waals surface area contributed by atoms with Crippen LogP contribution in [0.2, 0.25) is 5.02 Å². The van der Waals surface area contributed by atoms with Gasteiger partial charge < -0.3 is 19.7 Å². The van der Waals surface area contributed by atoms with Gasteiger partial charge >= 0.3 is 0 Å². The molecule has 0 spiro atoms. The maximum atomic E-state index is 13.4. The van der Waals surface area contributed by atoms with Gasteiger partial charge in [-0.05, 0) is 44.5 Å². The first-order valence-corrected chi connectivity index (χ1v) is 11.5. The van der Waals surface area contributed by atoms with Gasteiger partial charge in [0.25, 0.3) is 5.91 Å². The number of hydrogen-bond donors (Lipinski definition) is 1. The van der Waals surface area contributed by atoms with Gasteiger partial charge in [0.2, 0.25) is 5.91 Å². The smallest absolute Gasteiger partial charge is 0.258 e. The van der Waals surface area contributed by atoms with Crippen molar-refractivity contribution in [3.05, 3.63) is 70.0 Å². The molecule has 2 aromatic carbocycles. The van der Waals surface area contributed by atoms with E-state index >= 15 is 0 Å². The van der Waals surface area contributed by atoms with E-state index in [9.17, 15) is 9.59 Å². The molecule has 34 heavy (non-hydrogen) atoms. The lowest BCUT2D eigenvalue weighted by Gasteiger charge is -2.21. The molecule has 4 rings (SSSR count). The molecule has 8 nitrogen and oxygen atoms in total. The molecule has 2 heterocycles. The van der Waals surface area contributed by atoms with Gasteiger partial charge in [0.1, 0.15) is 19.8 Å². The van der Waals surface area contributed by atoms with E-state index in [4.69, 9.17) is 21.1 Å². The minimum absolute atomic E-state index is 0.0850. The summed E-state index contributed by atoms with van der Waals surface area (Å²) in [6, 6.07) is 12.8. The number of anilines is 1. The van der Waals surface area contributed by atoms with Crippen molar-refractivity contribution in [1.82, 2.24) is 14.7 Å². The summed E-state index contributed by atoms with van der Waals surface area (Å²) in [6.45, 7) is 7.20. The molecule has 178 valence electrons. The third-order valence-electron chi connectivity index (χ3n) is 5.70. The quantitative estimate of drug-likeness (QED) is 0.548. The van der Waals surface area contributed by atoms with Crippen LogP contribution in [0.15, 0.2) is 42.5 Å². The fourth-order valence-electron chi connectivity index (χ4n) is 3.93. The minimum Gasteiger partial charge on any atom is -0.486 e. The van der Waals surface area contributed by atoms with Crippen molar-refractivity contribution in [2.45, 2.75) is 27.3 Å². The summed E-state index contributed by atoms with van der Waals surface area (Å²) in [4.78, 5) is 27.6. The molecule has 0 saturated carbocycles. The summed E-state index contributed by atoms with van der Waals surface area (Å²) in [5, 5.41) is 8.04. The molecule has 0 atom stereocenters. The van der Waals surface area contributed by atoms with Crippen LogP contribution >= 0.6 is 11.6 Å². The highest BCUT2D eigenvalue weighted by molar-refractivity contribution is 6.31. The Labute approximate surface area is 203 Å². The van der Waals surface area contributed by atoms with Crippen molar-refractivity contribution >= 4 is 29.1 Å².